The molecule has 0 atom stereocenters. The molecule has 0 saturated carbocycles. The van der Waals surface area contributed by atoms with Crippen molar-refractivity contribution in [3.63, 3.8) is 0 Å². The molecule has 1 rings (SSSR count). The molecule has 0 bridgehead atoms. The molecular formula is C6H5F3N2O2. The lowest BCUT2D eigenvalue weighted by Crippen LogP contribution is -2.19. The average Bonchev–Trinajstić information content (AvgIpc) is 2.02. The van der Waals surface area contributed by atoms with Gasteiger partial charge in [-0.05, 0) is 0 Å². The summed E-state index contributed by atoms with van der Waals surface area (Å²) in [7, 11) is 1.17. The lowest BCUT2D eigenvalue weighted by Gasteiger charge is -2.04. The van der Waals surface area contributed by atoms with Gasteiger partial charge in [-0.25, -0.2) is 4.98 Å². The number of hydrogen-bond acceptors (Lipinski definition) is 3. The largest absolute Gasteiger partial charge is 0.490 e. The molecule has 0 amide bonds. The zero-order valence-electron chi connectivity index (χ0n) is 6.47. The molecular weight excluding hydrogens is 189 g/mol. The highest BCUT2D eigenvalue weighted by atomic mass is 19.4. The van der Waals surface area contributed by atoms with Gasteiger partial charge in [-0.15, -0.1) is 0 Å². The fourth-order valence-corrected chi connectivity index (χ4v) is 0.673. The van der Waals surface area contributed by atoms with E-state index in [1.54, 1.807) is 4.98 Å². The number of nitrogens with zero attached hydrogens (tertiary/aromatic N) is 1. The number of aromatic amines is 1. The van der Waals surface area contributed by atoms with E-state index in [0.29, 0.717) is 0 Å². The Bertz CT molecular complexity index is 358. The molecule has 72 valence electrons. The number of nitrogens with one attached hydrogen (secondary N) is 1. The van der Waals surface area contributed by atoms with Crippen LogP contribution < -0.4 is 10.3 Å². The fraction of sp³-hybridized carbons (Fsp3) is 0.333. The minimum absolute atomic E-state index is 0.256. The topological polar surface area (TPSA) is 55.0 Å². The van der Waals surface area contributed by atoms with Crippen molar-refractivity contribution in [3.05, 3.63) is 22.4 Å². The zero-order valence-corrected chi connectivity index (χ0v) is 6.47. The van der Waals surface area contributed by atoms with Crippen LogP contribution in [-0.2, 0) is 6.18 Å². The summed E-state index contributed by atoms with van der Waals surface area (Å²) >= 11 is 0. The molecule has 0 saturated heterocycles. The van der Waals surface area contributed by atoms with E-state index in [-0.39, 0.29) is 5.75 Å². The van der Waals surface area contributed by atoms with E-state index in [1.807, 2.05) is 0 Å². The standard InChI is InChI=1S/C6H5F3N2O2/c1-13-3-2-10-5(6(7,8)9)11-4(3)12/h2H,1H3,(H,10,11,12). The van der Waals surface area contributed by atoms with Gasteiger partial charge in [0, 0.05) is 0 Å². The molecule has 0 aliphatic carbocycles. The average molecular weight is 194 g/mol. The summed E-state index contributed by atoms with van der Waals surface area (Å²) in [5, 5.41) is 0. The van der Waals surface area contributed by atoms with Crippen molar-refractivity contribution in [3.8, 4) is 5.75 Å². The summed E-state index contributed by atoms with van der Waals surface area (Å²) < 4.78 is 40.2. The predicted molar refractivity (Wildman–Crippen MR) is 36.4 cm³/mol. The van der Waals surface area contributed by atoms with Crippen LogP contribution in [0, 0.1) is 0 Å². The number of ether oxygens (including phenoxy) is 1. The minimum Gasteiger partial charge on any atom is -0.490 e. The Morgan fingerprint density at radius 1 is 1.54 bits per heavy atom. The van der Waals surface area contributed by atoms with Gasteiger partial charge < -0.3 is 4.74 Å². The molecule has 1 aromatic heterocycles. The lowest BCUT2D eigenvalue weighted by atomic mass is 10.5. The molecule has 0 spiro atoms. The SMILES string of the molecule is COc1cnc(C(F)(F)F)[nH]c1=O. The van der Waals surface area contributed by atoms with Gasteiger partial charge in [0.05, 0.1) is 13.3 Å². The highest BCUT2D eigenvalue weighted by molar-refractivity contribution is 5.13. The van der Waals surface area contributed by atoms with Crippen molar-refractivity contribution in [2.75, 3.05) is 7.11 Å². The Hall–Kier alpha value is -1.53. The molecule has 0 aliphatic heterocycles. The number of hydrogen-bond donors (Lipinski definition) is 1. The maximum absolute atomic E-state index is 11.9. The number of halogens is 3. The molecule has 1 heterocycles. The van der Waals surface area contributed by atoms with Gasteiger partial charge in [0.25, 0.3) is 5.56 Å². The molecule has 4 nitrogen and oxygen atoms in total. The minimum atomic E-state index is -4.65. The second-order valence-corrected chi connectivity index (χ2v) is 2.13. The van der Waals surface area contributed by atoms with E-state index in [2.05, 4.69) is 9.72 Å². The highest BCUT2D eigenvalue weighted by Gasteiger charge is 2.34. The monoisotopic (exact) mass is 194 g/mol. The smallest absolute Gasteiger partial charge is 0.449 e. The first-order valence-corrected chi connectivity index (χ1v) is 3.15. The molecule has 0 unspecified atom stereocenters. The van der Waals surface area contributed by atoms with Crippen molar-refractivity contribution in [2.45, 2.75) is 6.18 Å². The second kappa shape index (κ2) is 3.08. The third kappa shape index (κ3) is 1.98. The van der Waals surface area contributed by atoms with E-state index in [0.717, 1.165) is 6.20 Å². The van der Waals surface area contributed by atoms with E-state index >= 15 is 0 Å². The molecule has 0 radical (unpaired) electrons. The Balaban J connectivity index is 3.18. The summed E-state index contributed by atoms with van der Waals surface area (Å²) in [4.78, 5) is 15.3. The van der Waals surface area contributed by atoms with Crippen LogP contribution in [0.3, 0.4) is 0 Å². The summed E-state index contributed by atoms with van der Waals surface area (Å²) in [6.45, 7) is 0. The Morgan fingerprint density at radius 2 is 2.15 bits per heavy atom. The van der Waals surface area contributed by atoms with Gasteiger partial charge in [0.15, 0.2) is 0 Å². The molecule has 7 heteroatoms. The summed E-state index contributed by atoms with van der Waals surface area (Å²) in [6.07, 6.45) is -3.92. The first kappa shape index (κ1) is 9.56. The van der Waals surface area contributed by atoms with Crippen molar-refractivity contribution >= 4 is 0 Å². The van der Waals surface area contributed by atoms with Gasteiger partial charge in [0.1, 0.15) is 0 Å². The molecule has 1 aromatic rings. The van der Waals surface area contributed by atoms with Crippen molar-refractivity contribution in [1.82, 2.24) is 9.97 Å². The number of methoxy groups -OCH3 is 1. The number of alkyl halides is 3. The van der Waals surface area contributed by atoms with Crippen LogP contribution in [-0.4, -0.2) is 17.1 Å². The van der Waals surface area contributed by atoms with Gasteiger partial charge in [-0.3, -0.25) is 9.78 Å². The summed E-state index contributed by atoms with van der Waals surface area (Å²) in [5.41, 5.74) is -0.954. The quantitative estimate of drug-likeness (QED) is 0.719. The van der Waals surface area contributed by atoms with Crippen LogP contribution in [0.1, 0.15) is 5.82 Å². The fourth-order valence-electron chi connectivity index (χ4n) is 0.673. The Labute approximate surface area is 70.4 Å². The van der Waals surface area contributed by atoms with Crippen molar-refractivity contribution < 1.29 is 17.9 Å². The van der Waals surface area contributed by atoms with Crippen LogP contribution in [0.2, 0.25) is 0 Å². The Kier molecular flexibility index (Phi) is 2.26. The van der Waals surface area contributed by atoms with E-state index < -0.39 is 17.6 Å². The second-order valence-electron chi connectivity index (χ2n) is 2.13. The maximum Gasteiger partial charge on any atom is 0.449 e. The molecule has 13 heavy (non-hydrogen) atoms. The van der Waals surface area contributed by atoms with E-state index in [9.17, 15) is 18.0 Å². The first-order chi connectivity index (χ1) is 5.95. The summed E-state index contributed by atoms with van der Waals surface area (Å²) in [5.74, 6) is -1.59. The van der Waals surface area contributed by atoms with Crippen LogP contribution in [0.15, 0.2) is 11.0 Å². The van der Waals surface area contributed by atoms with Crippen LogP contribution in [0.4, 0.5) is 13.2 Å². The molecule has 0 aromatic carbocycles. The van der Waals surface area contributed by atoms with Crippen LogP contribution in [0.25, 0.3) is 0 Å². The van der Waals surface area contributed by atoms with Gasteiger partial charge >= 0.3 is 6.18 Å². The third-order valence-electron chi connectivity index (χ3n) is 1.26. The Morgan fingerprint density at radius 3 is 2.54 bits per heavy atom. The molecule has 0 aliphatic rings. The summed E-state index contributed by atoms with van der Waals surface area (Å²) in [6, 6.07) is 0. The molecule has 1 N–H and O–H groups in total. The normalized spacial score (nSPS) is 11.4. The number of aromatic nitrogens is 2. The van der Waals surface area contributed by atoms with Gasteiger partial charge in [0.2, 0.25) is 11.6 Å². The number of H-pyrrole nitrogens is 1. The third-order valence-corrected chi connectivity index (χ3v) is 1.26. The zero-order chi connectivity index (χ0) is 10.1. The van der Waals surface area contributed by atoms with Crippen LogP contribution >= 0.6 is 0 Å². The lowest BCUT2D eigenvalue weighted by molar-refractivity contribution is -0.145. The van der Waals surface area contributed by atoms with Gasteiger partial charge in [-0.2, -0.15) is 13.2 Å². The first-order valence-electron chi connectivity index (χ1n) is 3.15. The van der Waals surface area contributed by atoms with E-state index in [4.69, 9.17) is 0 Å². The van der Waals surface area contributed by atoms with Crippen molar-refractivity contribution in [2.24, 2.45) is 0 Å². The highest BCUT2D eigenvalue weighted by Crippen LogP contribution is 2.24. The number of rotatable bonds is 1. The van der Waals surface area contributed by atoms with Crippen LogP contribution in [0.5, 0.6) is 5.75 Å². The van der Waals surface area contributed by atoms with Gasteiger partial charge in [-0.1, -0.05) is 0 Å². The van der Waals surface area contributed by atoms with Crippen molar-refractivity contribution in [1.29, 1.82) is 0 Å². The molecule has 0 fully saturated rings. The van der Waals surface area contributed by atoms with E-state index in [1.165, 1.54) is 7.11 Å². The maximum atomic E-state index is 11.9. The predicted octanol–water partition coefficient (Wildman–Crippen LogP) is 0.797.